The third-order valence-corrected chi connectivity index (χ3v) is 5.00. The molecule has 0 aromatic carbocycles. The maximum atomic E-state index is 13.0. The Morgan fingerprint density at radius 1 is 1.29 bits per heavy atom. The van der Waals surface area contributed by atoms with E-state index in [9.17, 15) is 9.59 Å². The number of urea groups is 1. The number of aromatic nitrogens is 1. The van der Waals surface area contributed by atoms with Crippen LogP contribution in [-0.2, 0) is 11.3 Å². The van der Waals surface area contributed by atoms with E-state index >= 15 is 0 Å². The first kappa shape index (κ1) is 16.7. The van der Waals surface area contributed by atoms with E-state index in [4.69, 9.17) is 0 Å². The summed E-state index contributed by atoms with van der Waals surface area (Å²) in [5.74, 6) is 0.196. The van der Waals surface area contributed by atoms with E-state index in [2.05, 4.69) is 10.3 Å². The van der Waals surface area contributed by atoms with Crippen LogP contribution in [0.2, 0.25) is 0 Å². The summed E-state index contributed by atoms with van der Waals surface area (Å²) >= 11 is 0. The average Bonchev–Trinajstić information content (AvgIpc) is 2.85. The average molecular weight is 330 g/mol. The molecule has 0 bridgehead atoms. The van der Waals surface area contributed by atoms with Gasteiger partial charge in [0, 0.05) is 44.6 Å². The van der Waals surface area contributed by atoms with Crippen molar-refractivity contribution in [2.75, 3.05) is 19.6 Å². The number of nitrogens with zero attached hydrogens (tertiary/aromatic N) is 3. The van der Waals surface area contributed by atoms with Crippen molar-refractivity contribution < 1.29 is 9.59 Å². The largest absolute Gasteiger partial charge is 0.338 e. The summed E-state index contributed by atoms with van der Waals surface area (Å²) in [6.07, 6.45) is 6.11. The lowest BCUT2D eigenvalue weighted by Crippen LogP contribution is -2.53. The molecule has 6 nitrogen and oxygen atoms in total. The first-order valence-corrected chi connectivity index (χ1v) is 8.74. The van der Waals surface area contributed by atoms with Crippen LogP contribution in [0.25, 0.3) is 0 Å². The van der Waals surface area contributed by atoms with Crippen molar-refractivity contribution in [3.63, 3.8) is 0 Å². The molecule has 3 rings (SSSR count). The first-order valence-electron chi connectivity index (χ1n) is 8.74. The number of carbonyl (C=O) groups is 2. The summed E-state index contributed by atoms with van der Waals surface area (Å²) < 4.78 is 0. The molecule has 2 aliphatic heterocycles. The van der Waals surface area contributed by atoms with Crippen molar-refractivity contribution in [1.82, 2.24) is 20.1 Å². The van der Waals surface area contributed by atoms with Crippen LogP contribution in [0.4, 0.5) is 4.79 Å². The Morgan fingerprint density at radius 3 is 2.75 bits per heavy atom. The van der Waals surface area contributed by atoms with Crippen LogP contribution in [0.5, 0.6) is 0 Å². The van der Waals surface area contributed by atoms with Crippen LogP contribution in [0, 0.1) is 5.41 Å². The highest BCUT2D eigenvalue weighted by molar-refractivity contribution is 5.86. The molecule has 1 atom stereocenters. The summed E-state index contributed by atoms with van der Waals surface area (Å²) in [4.78, 5) is 33.1. The van der Waals surface area contributed by atoms with E-state index in [1.54, 1.807) is 12.4 Å². The molecule has 1 aromatic heterocycles. The molecular formula is C18H26N4O2. The van der Waals surface area contributed by atoms with Gasteiger partial charge in [-0.3, -0.25) is 9.78 Å². The van der Waals surface area contributed by atoms with Crippen molar-refractivity contribution in [3.05, 3.63) is 30.1 Å². The summed E-state index contributed by atoms with van der Waals surface area (Å²) in [6, 6.07) is 3.95. The van der Waals surface area contributed by atoms with Crippen molar-refractivity contribution in [1.29, 1.82) is 0 Å². The fourth-order valence-corrected chi connectivity index (χ4v) is 3.77. The molecule has 1 aromatic rings. The highest BCUT2D eigenvalue weighted by Gasteiger charge is 2.49. The number of hydrogen-bond donors (Lipinski definition) is 1. The molecule has 3 heterocycles. The molecule has 6 heteroatoms. The first-order chi connectivity index (χ1) is 11.5. The maximum Gasteiger partial charge on any atom is 0.317 e. The number of carbonyl (C=O) groups excluding carboxylic acids is 2. The van der Waals surface area contributed by atoms with Gasteiger partial charge in [-0.2, -0.15) is 0 Å². The van der Waals surface area contributed by atoms with E-state index in [0.29, 0.717) is 13.1 Å². The van der Waals surface area contributed by atoms with E-state index in [-0.39, 0.29) is 23.4 Å². The van der Waals surface area contributed by atoms with E-state index in [1.807, 2.05) is 35.8 Å². The van der Waals surface area contributed by atoms with Gasteiger partial charge >= 0.3 is 6.03 Å². The van der Waals surface area contributed by atoms with Gasteiger partial charge in [-0.05, 0) is 50.8 Å². The number of piperidine rings is 1. The molecule has 0 saturated carbocycles. The third kappa shape index (κ3) is 3.37. The van der Waals surface area contributed by atoms with Gasteiger partial charge in [-0.15, -0.1) is 0 Å². The van der Waals surface area contributed by atoms with Gasteiger partial charge in [-0.1, -0.05) is 0 Å². The standard InChI is InChI=1S/C18H26N4O2/c1-14(2)20-17(24)22-10-3-6-18(13-22)7-11-21(16(18)23)12-15-4-8-19-9-5-15/h4-5,8-9,14H,3,6-7,10-13H2,1-2H3,(H,20,24)/t18-/m0/s1. The molecule has 0 radical (unpaired) electrons. The fourth-order valence-electron chi connectivity index (χ4n) is 3.77. The maximum absolute atomic E-state index is 13.0. The lowest BCUT2D eigenvalue weighted by Gasteiger charge is -2.39. The van der Waals surface area contributed by atoms with Crippen LogP contribution in [0.3, 0.4) is 0 Å². The molecule has 130 valence electrons. The molecule has 3 amide bonds. The Kier molecular flexibility index (Phi) is 4.73. The predicted molar refractivity (Wildman–Crippen MR) is 91.2 cm³/mol. The Morgan fingerprint density at radius 2 is 2.04 bits per heavy atom. The number of amides is 3. The number of rotatable bonds is 3. The molecule has 1 N–H and O–H groups in total. The number of likely N-dealkylation sites (tertiary alicyclic amines) is 2. The van der Waals surface area contributed by atoms with Crippen LogP contribution in [0.15, 0.2) is 24.5 Å². The van der Waals surface area contributed by atoms with Gasteiger partial charge in [0.15, 0.2) is 0 Å². The summed E-state index contributed by atoms with van der Waals surface area (Å²) in [7, 11) is 0. The Labute approximate surface area is 143 Å². The normalized spacial score (nSPS) is 24.0. The Balaban J connectivity index is 1.67. The monoisotopic (exact) mass is 330 g/mol. The second kappa shape index (κ2) is 6.79. The number of pyridine rings is 1. The predicted octanol–water partition coefficient (Wildman–Crippen LogP) is 2.01. The minimum absolute atomic E-state index is 0.0514. The summed E-state index contributed by atoms with van der Waals surface area (Å²) in [6.45, 7) is 6.57. The molecule has 2 aliphatic rings. The molecule has 2 fully saturated rings. The number of nitrogens with one attached hydrogen (secondary N) is 1. The quantitative estimate of drug-likeness (QED) is 0.922. The minimum Gasteiger partial charge on any atom is -0.338 e. The topological polar surface area (TPSA) is 65.5 Å². The van der Waals surface area contributed by atoms with Crippen LogP contribution < -0.4 is 5.32 Å². The third-order valence-electron chi connectivity index (χ3n) is 5.00. The summed E-state index contributed by atoms with van der Waals surface area (Å²) in [5.41, 5.74) is 0.709. The zero-order valence-corrected chi connectivity index (χ0v) is 14.5. The van der Waals surface area contributed by atoms with Gasteiger partial charge in [0.2, 0.25) is 5.91 Å². The second-order valence-corrected chi connectivity index (χ2v) is 7.24. The van der Waals surface area contributed by atoms with Crippen LogP contribution in [0.1, 0.15) is 38.7 Å². The molecule has 1 spiro atoms. The number of hydrogen-bond acceptors (Lipinski definition) is 3. The SMILES string of the molecule is CC(C)NC(=O)N1CCC[C@]2(CCN(Cc3ccncc3)C2=O)C1. The van der Waals surface area contributed by atoms with Crippen molar-refractivity contribution >= 4 is 11.9 Å². The molecule has 24 heavy (non-hydrogen) atoms. The van der Waals surface area contributed by atoms with Crippen LogP contribution >= 0.6 is 0 Å². The Hall–Kier alpha value is -2.11. The van der Waals surface area contributed by atoms with Gasteiger partial charge in [0.05, 0.1) is 5.41 Å². The van der Waals surface area contributed by atoms with Gasteiger partial charge in [-0.25, -0.2) is 4.79 Å². The van der Waals surface area contributed by atoms with Gasteiger partial charge in [0.25, 0.3) is 0 Å². The second-order valence-electron chi connectivity index (χ2n) is 7.24. The lowest BCUT2D eigenvalue weighted by molar-refractivity contribution is -0.138. The van der Waals surface area contributed by atoms with E-state index in [0.717, 1.165) is 37.9 Å². The molecular weight excluding hydrogens is 304 g/mol. The lowest BCUT2D eigenvalue weighted by atomic mass is 9.78. The smallest absolute Gasteiger partial charge is 0.317 e. The minimum atomic E-state index is -0.389. The summed E-state index contributed by atoms with van der Waals surface area (Å²) in [5, 5.41) is 2.94. The zero-order valence-electron chi connectivity index (χ0n) is 14.5. The van der Waals surface area contributed by atoms with Gasteiger partial charge in [0.1, 0.15) is 0 Å². The highest BCUT2D eigenvalue weighted by Crippen LogP contribution is 2.40. The fraction of sp³-hybridized carbons (Fsp3) is 0.611. The Bertz CT molecular complexity index is 604. The van der Waals surface area contributed by atoms with E-state index in [1.165, 1.54) is 0 Å². The van der Waals surface area contributed by atoms with Crippen LogP contribution in [-0.4, -0.2) is 52.4 Å². The highest BCUT2D eigenvalue weighted by atomic mass is 16.2. The zero-order chi connectivity index (χ0) is 17.2. The molecule has 2 saturated heterocycles. The molecule has 0 unspecified atom stereocenters. The van der Waals surface area contributed by atoms with Crippen molar-refractivity contribution in [2.45, 2.75) is 45.7 Å². The molecule has 0 aliphatic carbocycles. The van der Waals surface area contributed by atoms with Crippen molar-refractivity contribution in [2.24, 2.45) is 5.41 Å². The van der Waals surface area contributed by atoms with Crippen molar-refractivity contribution in [3.8, 4) is 0 Å². The van der Waals surface area contributed by atoms with E-state index < -0.39 is 0 Å². The van der Waals surface area contributed by atoms with Gasteiger partial charge < -0.3 is 15.1 Å².